The van der Waals surface area contributed by atoms with Crippen LogP contribution < -0.4 is 9.80 Å². The molecule has 0 saturated heterocycles. The van der Waals surface area contributed by atoms with E-state index < -0.39 is 5.41 Å². The third-order valence-corrected chi connectivity index (χ3v) is 8.69. The molecule has 4 rings (SSSR count). The second kappa shape index (κ2) is 14.5. The summed E-state index contributed by atoms with van der Waals surface area (Å²) < 4.78 is 11.1. The van der Waals surface area contributed by atoms with Crippen molar-refractivity contribution in [2.24, 2.45) is 0 Å². The monoisotopic (exact) mass is 601 g/mol. The summed E-state index contributed by atoms with van der Waals surface area (Å²) in [7, 11) is 1.57. The maximum atomic E-state index is 14.5. The number of ether oxygens (including phenoxy) is 2. The van der Waals surface area contributed by atoms with Crippen molar-refractivity contribution in [2.75, 3.05) is 25.4 Å². The molecular formula is C37H47NO4S. The van der Waals surface area contributed by atoms with Crippen LogP contribution in [0.3, 0.4) is 0 Å². The van der Waals surface area contributed by atoms with Crippen molar-refractivity contribution in [2.45, 2.75) is 89.9 Å². The van der Waals surface area contributed by atoms with Gasteiger partial charge < -0.3 is 9.47 Å². The van der Waals surface area contributed by atoms with Gasteiger partial charge in [0.1, 0.15) is 19.0 Å². The lowest BCUT2D eigenvalue weighted by molar-refractivity contribution is -0.130. The van der Waals surface area contributed by atoms with Crippen LogP contribution in [0.1, 0.15) is 94.9 Å². The number of hydrogen-bond acceptors (Lipinski definition) is 5. The molecule has 1 fully saturated rings. The van der Waals surface area contributed by atoms with Crippen LogP contribution in [-0.4, -0.2) is 31.3 Å². The highest BCUT2D eigenvalue weighted by atomic mass is 32.1. The fraction of sp³-hybridized carbons (Fsp3) is 0.459. The maximum absolute atomic E-state index is 14.5. The van der Waals surface area contributed by atoms with Crippen LogP contribution in [0.2, 0.25) is 0 Å². The first-order chi connectivity index (χ1) is 20.5. The van der Waals surface area contributed by atoms with Gasteiger partial charge in [-0.2, -0.15) is 5.06 Å². The van der Waals surface area contributed by atoms with Crippen molar-refractivity contribution in [1.29, 1.82) is 0 Å². The molecular weight excluding hydrogens is 554 g/mol. The quantitative estimate of drug-likeness (QED) is 0.125. The van der Waals surface area contributed by atoms with Crippen molar-refractivity contribution in [3.8, 4) is 5.75 Å². The smallest absolute Gasteiger partial charge is 0.261 e. The average Bonchev–Trinajstić information content (AvgIpc) is 3.00. The Morgan fingerprint density at radius 1 is 0.837 bits per heavy atom. The van der Waals surface area contributed by atoms with Crippen LogP contribution in [0.5, 0.6) is 5.75 Å². The van der Waals surface area contributed by atoms with E-state index in [-0.39, 0.29) is 11.3 Å². The molecule has 0 aromatic heterocycles. The van der Waals surface area contributed by atoms with Crippen molar-refractivity contribution < 1.29 is 19.1 Å². The van der Waals surface area contributed by atoms with Gasteiger partial charge in [0.25, 0.3) is 5.91 Å². The van der Waals surface area contributed by atoms with Crippen molar-refractivity contribution in [1.82, 2.24) is 0 Å². The summed E-state index contributed by atoms with van der Waals surface area (Å²) in [4.78, 5) is 20.3. The van der Waals surface area contributed by atoms with E-state index in [4.69, 9.17) is 26.5 Å². The molecule has 1 aliphatic rings. The van der Waals surface area contributed by atoms with Gasteiger partial charge in [-0.3, -0.25) is 9.63 Å². The Hall–Kier alpha value is -3.22. The summed E-state index contributed by atoms with van der Waals surface area (Å²) in [5.74, 6) is 1.23. The molecule has 1 aliphatic carbocycles. The van der Waals surface area contributed by atoms with Gasteiger partial charge in [-0.25, -0.2) is 0 Å². The molecule has 230 valence electrons. The number of anilines is 1. The minimum absolute atomic E-state index is 0.0144. The molecule has 1 amide bonds. The van der Waals surface area contributed by atoms with E-state index in [0.717, 1.165) is 22.6 Å². The van der Waals surface area contributed by atoms with Gasteiger partial charge in [-0.15, -0.1) is 0 Å². The lowest BCUT2D eigenvalue weighted by Crippen LogP contribution is -2.46. The van der Waals surface area contributed by atoms with Crippen LogP contribution in [0, 0.1) is 0 Å². The molecule has 3 aromatic carbocycles. The SMILES string of the molecule is CON(C(=O)[C@@](C)(Cc1ccc(OCCOC(C)=S)cc1)c1ccc(C(C)(C)C)cc1)c1ccc(C2CCCCC2)cc1. The highest BCUT2D eigenvalue weighted by Gasteiger charge is 2.40. The molecule has 0 spiro atoms. The summed E-state index contributed by atoms with van der Waals surface area (Å²) >= 11 is 4.95. The van der Waals surface area contributed by atoms with Crippen molar-refractivity contribution in [3.63, 3.8) is 0 Å². The van der Waals surface area contributed by atoms with Gasteiger partial charge in [0.05, 0.1) is 18.2 Å². The van der Waals surface area contributed by atoms with Crippen LogP contribution in [0.25, 0.3) is 0 Å². The minimum Gasteiger partial charge on any atom is -0.490 e. The number of nitrogens with zero attached hydrogens (tertiary/aromatic N) is 1. The third kappa shape index (κ3) is 8.45. The van der Waals surface area contributed by atoms with E-state index in [9.17, 15) is 4.79 Å². The zero-order valence-corrected chi connectivity index (χ0v) is 27.5. The Bertz CT molecular complexity index is 1340. The predicted octanol–water partition coefficient (Wildman–Crippen LogP) is 8.87. The number of thiocarbonyl (C=S) groups is 1. The van der Waals surface area contributed by atoms with Gasteiger partial charge >= 0.3 is 0 Å². The Morgan fingerprint density at radius 2 is 1.44 bits per heavy atom. The minimum atomic E-state index is -0.887. The lowest BCUT2D eigenvalue weighted by atomic mass is 9.75. The van der Waals surface area contributed by atoms with Gasteiger partial charge in [-0.05, 0) is 96.3 Å². The largest absolute Gasteiger partial charge is 0.490 e. The molecule has 1 saturated carbocycles. The van der Waals surface area contributed by atoms with Gasteiger partial charge in [0, 0.05) is 6.92 Å². The summed E-state index contributed by atoms with van der Waals surface area (Å²) in [6.07, 6.45) is 6.87. The number of hydrogen-bond donors (Lipinski definition) is 0. The van der Waals surface area contributed by atoms with E-state index in [1.165, 1.54) is 48.3 Å². The molecule has 0 bridgehead atoms. The van der Waals surface area contributed by atoms with Crippen LogP contribution in [-0.2, 0) is 31.6 Å². The highest BCUT2D eigenvalue weighted by Crippen LogP contribution is 2.36. The summed E-state index contributed by atoms with van der Waals surface area (Å²) in [5, 5.41) is 1.96. The molecule has 0 heterocycles. The topological polar surface area (TPSA) is 48.0 Å². The van der Waals surface area contributed by atoms with Gasteiger partial charge in [-0.1, -0.05) is 88.6 Å². The zero-order valence-electron chi connectivity index (χ0n) is 26.7. The fourth-order valence-corrected chi connectivity index (χ4v) is 6.03. The number of benzene rings is 3. The number of carbonyl (C=O) groups is 1. The van der Waals surface area contributed by atoms with Gasteiger partial charge in [0.2, 0.25) is 0 Å². The highest BCUT2D eigenvalue weighted by molar-refractivity contribution is 7.80. The van der Waals surface area contributed by atoms with Crippen LogP contribution in [0.15, 0.2) is 72.8 Å². The summed E-state index contributed by atoms with van der Waals surface area (Å²) in [5.41, 5.74) is 4.41. The molecule has 0 aliphatic heterocycles. The number of rotatable bonds is 11. The van der Waals surface area contributed by atoms with E-state index in [0.29, 0.717) is 30.6 Å². The van der Waals surface area contributed by atoms with E-state index >= 15 is 0 Å². The average molecular weight is 602 g/mol. The number of amides is 1. The first kappa shape index (κ1) is 32.7. The molecule has 0 radical (unpaired) electrons. The first-order valence-corrected chi connectivity index (χ1v) is 15.9. The van der Waals surface area contributed by atoms with Crippen LogP contribution >= 0.6 is 12.2 Å². The molecule has 3 aromatic rings. The second-order valence-electron chi connectivity index (χ2n) is 12.9. The molecule has 5 nitrogen and oxygen atoms in total. The fourth-order valence-electron chi connectivity index (χ4n) is 5.94. The molecule has 6 heteroatoms. The number of carbonyl (C=O) groups excluding carboxylic acids is 1. The Labute approximate surface area is 263 Å². The molecule has 0 N–H and O–H groups in total. The summed E-state index contributed by atoms with van der Waals surface area (Å²) in [6.45, 7) is 11.2. The third-order valence-electron chi connectivity index (χ3n) is 8.57. The molecule has 1 atom stereocenters. The Morgan fingerprint density at radius 3 is 2.00 bits per heavy atom. The van der Waals surface area contributed by atoms with E-state index in [1.54, 1.807) is 14.0 Å². The standard InChI is InChI=1S/C37H47NO4S/c1-27(43)41-24-25-42-34-22-12-28(13-23-34)26-37(5,32-18-16-31(17-19-32)36(2,3)4)35(39)38(40-6)33-20-14-30(15-21-33)29-10-8-7-9-11-29/h12-23,29H,7-11,24-26H2,1-6H3/t37-/m0/s1. The van der Waals surface area contributed by atoms with Crippen LogP contribution in [0.4, 0.5) is 5.69 Å². The van der Waals surface area contributed by atoms with Crippen molar-refractivity contribution >= 4 is 28.9 Å². The van der Waals surface area contributed by atoms with Gasteiger partial charge in [0.15, 0.2) is 5.05 Å². The normalized spacial score (nSPS) is 15.4. The molecule has 43 heavy (non-hydrogen) atoms. The summed E-state index contributed by atoms with van der Waals surface area (Å²) in [6, 6.07) is 24.7. The second-order valence-corrected chi connectivity index (χ2v) is 13.5. The Balaban J connectivity index is 1.60. The number of hydroxylamine groups is 1. The van der Waals surface area contributed by atoms with E-state index in [1.807, 2.05) is 43.3 Å². The first-order valence-electron chi connectivity index (χ1n) is 15.5. The zero-order chi connectivity index (χ0) is 31.0. The lowest BCUT2D eigenvalue weighted by Gasteiger charge is -2.34. The molecule has 0 unspecified atom stereocenters. The van der Waals surface area contributed by atoms with Crippen molar-refractivity contribution in [3.05, 3.63) is 95.1 Å². The Kier molecular flexibility index (Phi) is 11.0. The van der Waals surface area contributed by atoms with E-state index in [2.05, 4.69) is 57.2 Å². The predicted molar refractivity (Wildman–Crippen MR) is 179 cm³/mol. The maximum Gasteiger partial charge on any atom is 0.261 e.